The largest absolute Gasteiger partial charge is 0.368 e. The average molecular weight is 225 g/mol. The van der Waals surface area contributed by atoms with Gasteiger partial charge in [-0.25, -0.2) is 0 Å². The first-order valence-electron chi connectivity index (χ1n) is 4.98. The first kappa shape index (κ1) is 10.5. The Balaban J connectivity index is 2.14. The van der Waals surface area contributed by atoms with Gasteiger partial charge in [-0.15, -0.1) is 0 Å². The fourth-order valence-corrected chi connectivity index (χ4v) is 2.24. The summed E-state index contributed by atoms with van der Waals surface area (Å²) >= 11 is 6.08. The summed E-state index contributed by atoms with van der Waals surface area (Å²) in [6.45, 7) is 0. The van der Waals surface area contributed by atoms with Crippen molar-refractivity contribution < 1.29 is 4.79 Å². The van der Waals surface area contributed by atoms with E-state index in [4.69, 9.17) is 17.3 Å². The molecule has 0 aliphatic carbocycles. The highest BCUT2D eigenvalue weighted by molar-refractivity contribution is 6.31. The normalized spacial score (nSPS) is 25.4. The molecule has 15 heavy (non-hydrogen) atoms. The minimum Gasteiger partial charge on any atom is -0.368 e. The molecular formula is C11H13ClN2O. The highest BCUT2D eigenvalue weighted by atomic mass is 35.5. The number of primary amides is 1. The molecule has 3 nitrogen and oxygen atoms in total. The van der Waals surface area contributed by atoms with Gasteiger partial charge in [-0.2, -0.15) is 0 Å². The Morgan fingerprint density at radius 3 is 2.73 bits per heavy atom. The zero-order chi connectivity index (χ0) is 10.8. The Labute approximate surface area is 93.6 Å². The molecule has 0 radical (unpaired) electrons. The van der Waals surface area contributed by atoms with Gasteiger partial charge in [0.05, 0.1) is 6.04 Å². The Kier molecular flexibility index (Phi) is 2.93. The number of benzene rings is 1. The summed E-state index contributed by atoms with van der Waals surface area (Å²) in [6, 6.07) is 7.61. The van der Waals surface area contributed by atoms with E-state index in [1.807, 2.05) is 24.3 Å². The van der Waals surface area contributed by atoms with Gasteiger partial charge in [0, 0.05) is 11.1 Å². The van der Waals surface area contributed by atoms with Crippen molar-refractivity contribution in [2.75, 3.05) is 0 Å². The van der Waals surface area contributed by atoms with Crippen LogP contribution in [0, 0.1) is 0 Å². The quantitative estimate of drug-likeness (QED) is 0.802. The zero-order valence-corrected chi connectivity index (χ0v) is 9.00. The third-order valence-corrected chi connectivity index (χ3v) is 3.11. The van der Waals surface area contributed by atoms with Crippen LogP contribution in [0.15, 0.2) is 24.3 Å². The van der Waals surface area contributed by atoms with Crippen LogP contribution in [0.25, 0.3) is 0 Å². The van der Waals surface area contributed by atoms with Crippen LogP contribution in [0.2, 0.25) is 5.02 Å². The second kappa shape index (κ2) is 4.21. The van der Waals surface area contributed by atoms with E-state index >= 15 is 0 Å². The Bertz CT molecular complexity index is 381. The molecule has 1 amide bonds. The third-order valence-electron chi connectivity index (χ3n) is 2.77. The molecule has 0 aromatic heterocycles. The standard InChI is InChI=1S/C11H13ClN2O/c12-8-4-2-1-3-7(8)9-5-6-10(14-9)11(13)15/h1-4,9-10,14H,5-6H2,(H2,13,15). The Morgan fingerprint density at radius 2 is 2.13 bits per heavy atom. The van der Waals surface area contributed by atoms with Crippen LogP contribution in [0.1, 0.15) is 24.4 Å². The van der Waals surface area contributed by atoms with Gasteiger partial charge in [0.1, 0.15) is 0 Å². The molecule has 2 unspecified atom stereocenters. The minimum atomic E-state index is -0.287. The van der Waals surface area contributed by atoms with E-state index in [1.165, 1.54) is 0 Å². The maximum absolute atomic E-state index is 11.0. The maximum Gasteiger partial charge on any atom is 0.234 e. The summed E-state index contributed by atoms with van der Waals surface area (Å²) in [6.07, 6.45) is 1.68. The fourth-order valence-electron chi connectivity index (χ4n) is 1.97. The van der Waals surface area contributed by atoms with E-state index in [1.54, 1.807) is 0 Å². The number of amides is 1. The second-order valence-electron chi connectivity index (χ2n) is 3.77. The van der Waals surface area contributed by atoms with Crippen molar-refractivity contribution in [2.24, 2.45) is 5.73 Å². The number of carbonyl (C=O) groups excluding carboxylic acids is 1. The van der Waals surface area contributed by atoms with Crippen molar-refractivity contribution in [3.05, 3.63) is 34.9 Å². The second-order valence-corrected chi connectivity index (χ2v) is 4.18. The van der Waals surface area contributed by atoms with Gasteiger partial charge < -0.3 is 5.73 Å². The number of nitrogens with two attached hydrogens (primary N) is 1. The number of halogens is 1. The maximum atomic E-state index is 11.0. The smallest absolute Gasteiger partial charge is 0.234 e. The van der Waals surface area contributed by atoms with E-state index < -0.39 is 0 Å². The number of hydrogen-bond donors (Lipinski definition) is 2. The molecule has 1 saturated heterocycles. The van der Waals surface area contributed by atoms with Crippen LogP contribution in [0.4, 0.5) is 0 Å². The molecule has 3 N–H and O–H groups in total. The summed E-state index contributed by atoms with van der Waals surface area (Å²) in [7, 11) is 0. The van der Waals surface area contributed by atoms with Crippen LogP contribution >= 0.6 is 11.6 Å². The van der Waals surface area contributed by atoms with Crippen molar-refractivity contribution in [3.63, 3.8) is 0 Å². The monoisotopic (exact) mass is 224 g/mol. The van der Waals surface area contributed by atoms with Gasteiger partial charge in [-0.1, -0.05) is 29.8 Å². The van der Waals surface area contributed by atoms with Crippen molar-refractivity contribution >= 4 is 17.5 Å². The molecule has 1 aromatic carbocycles. The summed E-state index contributed by atoms with van der Waals surface area (Å²) in [5, 5.41) is 3.92. The lowest BCUT2D eigenvalue weighted by Crippen LogP contribution is -2.37. The lowest BCUT2D eigenvalue weighted by Gasteiger charge is -2.13. The number of hydrogen-bond acceptors (Lipinski definition) is 2. The Hall–Kier alpha value is -1.06. The molecule has 80 valence electrons. The summed E-state index contributed by atoms with van der Waals surface area (Å²) < 4.78 is 0. The highest BCUT2D eigenvalue weighted by Crippen LogP contribution is 2.30. The molecule has 1 aliphatic heterocycles. The van der Waals surface area contributed by atoms with Crippen molar-refractivity contribution in [1.29, 1.82) is 0 Å². The van der Waals surface area contributed by atoms with Crippen LogP contribution in [-0.2, 0) is 4.79 Å². The van der Waals surface area contributed by atoms with E-state index in [0.717, 1.165) is 23.4 Å². The van der Waals surface area contributed by atoms with E-state index in [2.05, 4.69) is 5.32 Å². The zero-order valence-electron chi connectivity index (χ0n) is 8.24. The van der Waals surface area contributed by atoms with Crippen LogP contribution < -0.4 is 11.1 Å². The minimum absolute atomic E-state index is 0.149. The summed E-state index contributed by atoms with van der Waals surface area (Å²) in [4.78, 5) is 11.0. The number of nitrogens with one attached hydrogen (secondary N) is 1. The molecule has 0 spiro atoms. The molecule has 0 saturated carbocycles. The average Bonchev–Trinajstić information content (AvgIpc) is 2.67. The van der Waals surface area contributed by atoms with Gasteiger partial charge in [0.15, 0.2) is 0 Å². The van der Waals surface area contributed by atoms with Gasteiger partial charge in [-0.05, 0) is 24.5 Å². The molecule has 1 fully saturated rings. The first-order chi connectivity index (χ1) is 7.18. The van der Waals surface area contributed by atoms with Crippen LogP contribution in [0.5, 0.6) is 0 Å². The van der Waals surface area contributed by atoms with Gasteiger partial charge in [0.25, 0.3) is 0 Å². The predicted octanol–water partition coefficient (Wildman–Crippen LogP) is 1.62. The van der Waals surface area contributed by atoms with E-state index in [9.17, 15) is 4.79 Å². The van der Waals surface area contributed by atoms with Gasteiger partial charge >= 0.3 is 0 Å². The summed E-state index contributed by atoms with van der Waals surface area (Å²) in [5.41, 5.74) is 6.29. The summed E-state index contributed by atoms with van der Waals surface area (Å²) in [5.74, 6) is -0.287. The van der Waals surface area contributed by atoms with Gasteiger partial charge in [0.2, 0.25) is 5.91 Å². The topological polar surface area (TPSA) is 55.1 Å². The lowest BCUT2D eigenvalue weighted by atomic mass is 10.1. The highest BCUT2D eigenvalue weighted by Gasteiger charge is 2.29. The molecule has 4 heteroatoms. The SMILES string of the molecule is NC(=O)C1CCC(c2ccccc2Cl)N1. The van der Waals surface area contributed by atoms with Crippen molar-refractivity contribution in [1.82, 2.24) is 5.32 Å². The fraction of sp³-hybridized carbons (Fsp3) is 0.364. The van der Waals surface area contributed by atoms with Crippen LogP contribution in [0.3, 0.4) is 0 Å². The first-order valence-corrected chi connectivity index (χ1v) is 5.36. The van der Waals surface area contributed by atoms with Crippen molar-refractivity contribution in [2.45, 2.75) is 24.9 Å². The Morgan fingerprint density at radius 1 is 1.40 bits per heavy atom. The molecular weight excluding hydrogens is 212 g/mol. The van der Waals surface area contributed by atoms with Gasteiger partial charge in [-0.3, -0.25) is 10.1 Å². The molecule has 2 rings (SSSR count). The molecule has 1 aromatic rings. The molecule has 0 bridgehead atoms. The van der Waals surface area contributed by atoms with Crippen LogP contribution in [-0.4, -0.2) is 11.9 Å². The lowest BCUT2D eigenvalue weighted by molar-refractivity contribution is -0.119. The van der Waals surface area contributed by atoms with E-state index in [-0.39, 0.29) is 18.0 Å². The third kappa shape index (κ3) is 2.13. The molecule has 2 atom stereocenters. The predicted molar refractivity (Wildman–Crippen MR) is 59.5 cm³/mol. The molecule has 1 heterocycles. The van der Waals surface area contributed by atoms with Crippen molar-refractivity contribution in [3.8, 4) is 0 Å². The number of carbonyl (C=O) groups is 1. The number of rotatable bonds is 2. The van der Waals surface area contributed by atoms with E-state index in [0.29, 0.717) is 0 Å². The molecule has 1 aliphatic rings.